The van der Waals surface area contributed by atoms with Crippen LogP contribution in [-0.4, -0.2) is 42.4 Å². The topological polar surface area (TPSA) is 95.9 Å². The number of nitrogens with one attached hydrogen (secondary N) is 2. The van der Waals surface area contributed by atoms with E-state index in [1.165, 1.54) is 25.6 Å². The number of amides is 1. The minimum Gasteiger partial charge on any atom is -0.459 e. The summed E-state index contributed by atoms with van der Waals surface area (Å²) in [5, 5.41) is 6.02. The molecule has 1 aliphatic heterocycles. The standard InChI is InChI=1S/C20H27N5O2/c1-2-25-11-3-5-17(25)14-23-20(21)22-13-15-7-9-16(10-8-15)24-19(26)18-6-4-12-27-18/h4,6-10,12,17H,2-3,5,11,13-14H2,1H3,(H,24,26)(H3,21,22,23). The monoisotopic (exact) mass is 369 g/mol. The Hall–Kier alpha value is -2.80. The summed E-state index contributed by atoms with van der Waals surface area (Å²) in [6.07, 6.45) is 3.93. The largest absolute Gasteiger partial charge is 0.459 e. The highest BCUT2D eigenvalue weighted by Gasteiger charge is 2.22. The number of carbonyl (C=O) groups is 1. The van der Waals surface area contributed by atoms with E-state index >= 15 is 0 Å². The minimum absolute atomic E-state index is 0.271. The number of likely N-dealkylation sites (N-methyl/N-ethyl adjacent to an activating group) is 1. The zero-order valence-corrected chi connectivity index (χ0v) is 15.6. The van der Waals surface area contributed by atoms with Gasteiger partial charge < -0.3 is 20.8 Å². The van der Waals surface area contributed by atoms with Gasteiger partial charge in [-0.3, -0.25) is 9.69 Å². The van der Waals surface area contributed by atoms with Gasteiger partial charge in [-0.15, -0.1) is 0 Å². The number of anilines is 1. The predicted molar refractivity (Wildman–Crippen MR) is 107 cm³/mol. The summed E-state index contributed by atoms with van der Waals surface area (Å²) < 4.78 is 5.08. The number of furan rings is 1. The van der Waals surface area contributed by atoms with E-state index in [1.54, 1.807) is 12.1 Å². The molecule has 0 bridgehead atoms. The maximum absolute atomic E-state index is 11.9. The molecular weight excluding hydrogens is 342 g/mol. The zero-order chi connectivity index (χ0) is 19.1. The highest BCUT2D eigenvalue weighted by Crippen LogP contribution is 2.15. The van der Waals surface area contributed by atoms with Crippen molar-refractivity contribution in [1.29, 1.82) is 0 Å². The van der Waals surface area contributed by atoms with Crippen molar-refractivity contribution >= 4 is 17.6 Å². The first-order valence-electron chi connectivity index (χ1n) is 9.37. The van der Waals surface area contributed by atoms with Crippen molar-refractivity contribution in [3.8, 4) is 0 Å². The predicted octanol–water partition coefficient (Wildman–Crippen LogP) is 2.42. The van der Waals surface area contributed by atoms with E-state index in [4.69, 9.17) is 10.2 Å². The minimum atomic E-state index is -0.271. The third-order valence-electron chi connectivity index (χ3n) is 4.81. The SMILES string of the molecule is CCN1CCCC1CNC(N)=NCc1ccc(NC(=O)c2ccco2)cc1. The van der Waals surface area contributed by atoms with Gasteiger partial charge in [-0.05, 0) is 55.8 Å². The molecule has 1 fully saturated rings. The molecule has 0 spiro atoms. The van der Waals surface area contributed by atoms with Crippen molar-refractivity contribution in [2.75, 3.05) is 25.0 Å². The van der Waals surface area contributed by atoms with E-state index in [2.05, 4.69) is 27.4 Å². The lowest BCUT2D eigenvalue weighted by atomic mass is 10.2. The molecule has 1 aromatic carbocycles. The number of hydrogen-bond acceptors (Lipinski definition) is 4. The molecule has 1 amide bonds. The zero-order valence-electron chi connectivity index (χ0n) is 15.6. The Bertz CT molecular complexity index is 755. The van der Waals surface area contributed by atoms with Crippen LogP contribution in [0.5, 0.6) is 0 Å². The van der Waals surface area contributed by atoms with Crippen LogP contribution in [0.1, 0.15) is 35.9 Å². The highest BCUT2D eigenvalue weighted by molar-refractivity contribution is 6.02. The second-order valence-electron chi connectivity index (χ2n) is 6.64. The molecule has 1 aromatic heterocycles. The van der Waals surface area contributed by atoms with Crippen molar-refractivity contribution < 1.29 is 9.21 Å². The van der Waals surface area contributed by atoms with Crippen LogP contribution in [0.2, 0.25) is 0 Å². The summed E-state index contributed by atoms with van der Waals surface area (Å²) >= 11 is 0. The highest BCUT2D eigenvalue weighted by atomic mass is 16.3. The molecule has 27 heavy (non-hydrogen) atoms. The lowest BCUT2D eigenvalue weighted by Gasteiger charge is -2.23. The van der Waals surface area contributed by atoms with E-state index in [9.17, 15) is 4.79 Å². The average Bonchev–Trinajstić information content (AvgIpc) is 3.37. The molecule has 1 unspecified atom stereocenters. The first-order chi connectivity index (χ1) is 13.2. The first-order valence-corrected chi connectivity index (χ1v) is 9.37. The van der Waals surface area contributed by atoms with Gasteiger partial charge in [-0.2, -0.15) is 0 Å². The number of carbonyl (C=O) groups excluding carboxylic acids is 1. The second-order valence-corrected chi connectivity index (χ2v) is 6.64. The van der Waals surface area contributed by atoms with Gasteiger partial charge in [0.2, 0.25) is 0 Å². The molecular formula is C20H27N5O2. The number of likely N-dealkylation sites (tertiary alicyclic amines) is 1. The number of nitrogens with two attached hydrogens (primary N) is 1. The lowest BCUT2D eigenvalue weighted by Crippen LogP contribution is -2.42. The fourth-order valence-electron chi connectivity index (χ4n) is 3.29. The molecule has 7 nitrogen and oxygen atoms in total. The van der Waals surface area contributed by atoms with E-state index in [-0.39, 0.29) is 11.7 Å². The Labute approximate surface area is 159 Å². The summed E-state index contributed by atoms with van der Waals surface area (Å²) in [6, 6.07) is 11.4. The van der Waals surface area contributed by atoms with Crippen LogP contribution in [0.3, 0.4) is 0 Å². The fraction of sp³-hybridized carbons (Fsp3) is 0.400. The quantitative estimate of drug-likeness (QED) is 0.514. The number of benzene rings is 1. The maximum atomic E-state index is 11.9. The number of guanidine groups is 1. The number of nitrogens with zero attached hydrogens (tertiary/aromatic N) is 2. The van der Waals surface area contributed by atoms with Crippen molar-refractivity contribution in [1.82, 2.24) is 10.2 Å². The van der Waals surface area contributed by atoms with E-state index < -0.39 is 0 Å². The molecule has 0 radical (unpaired) electrons. The number of aliphatic imine (C=N–C) groups is 1. The van der Waals surface area contributed by atoms with Gasteiger partial charge in [-0.1, -0.05) is 19.1 Å². The summed E-state index contributed by atoms with van der Waals surface area (Å²) in [6.45, 7) is 5.76. The summed E-state index contributed by atoms with van der Waals surface area (Å²) in [5.74, 6) is 0.479. The third kappa shape index (κ3) is 5.34. The molecule has 2 aromatic rings. The second kappa shape index (κ2) is 9.23. The lowest BCUT2D eigenvalue weighted by molar-refractivity contribution is 0.0996. The molecule has 0 saturated carbocycles. The van der Waals surface area contributed by atoms with Crippen LogP contribution in [-0.2, 0) is 6.54 Å². The first kappa shape index (κ1) is 19.0. The summed E-state index contributed by atoms with van der Waals surface area (Å²) in [5.41, 5.74) is 7.71. The van der Waals surface area contributed by atoms with Gasteiger partial charge in [0.05, 0.1) is 12.8 Å². The maximum Gasteiger partial charge on any atom is 0.291 e. The molecule has 1 aliphatic rings. The van der Waals surface area contributed by atoms with E-state index in [1.807, 2.05) is 24.3 Å². The van der Waals surface area contributed by atoms with E-state index in [0.29, 0.717) is 24.2 Å². The summed E-state index contributed by atoms with van der Waals surface area (Å²) in [7, 11) is 0. The fourth-order valence-corrected chi connectivity index (χ4v) is 3.29. The van der Waals surface area contributed by atoms with Crippen molar-refractivity contribution in [2.24, 2.45) is 10.7 Å². The molecule has 1 atom stereocenters. The van der Waals surface area contributed by atoms with Gasteiger partial charge >= 0.3 is 0 Å². The smallest absolute Gasteiger partial charge is 0.291 e. The number of hydrogen-bond donors (Lipinski definition) is 3. The van der Waals surface area contributed by atoms with Gasteiger partial charge in [-0.25, -0.2) is 4.99 Å². The molecule has 2 heterocycles. The van der Waals surface area contributed by atoms with Gasteiger partial charge in [0.1, 0.15) is 0 Å². The summed E-state index contributed by atoms with van der Waals surface area (Å²) in [4.78, 5) is 18.8. The van der Waals surface area contributed by atoms with Gasteiger partial charge in [0, 0.05) is 18.3 Å². The third-order valence-corrected chi connectivity index (χ3v) is 4.81. The van der Waals surface area contributed by atoms with Gasteiger partial charge in [0.25, 0.3) is 5.91 Å². The Balaban J connectivity index is 1.46. The van der Waals surface area contributed by atoms with Crippen molar-refractivity contribution in [3.63, 3.8) is 0 Å². The number of rotatable bonds is 7. The Kier molecular flexibility index (Phi) is 6.49. The molecule has 144 valence electrons. The van der Waals surface area contributed by atoms with Crippen molar-refractivity contribution in [3.05, 3.63) is 54.0 Å². The van der Waals surface area contributed by atoms with Crippen LogP contribution in [0.15, 0.2) is 52.1 Å². The Morgan fingerprint density at radius 3 is 2.85 bits per heavy atom. The average molecular weight is 369 g/mol. The Morgan fingerprint density at radius 1 is 1.33 bits per heavy atom. The van der Waals surface area contributed by atoms with Crippen LogP contribution >= 0.6 is 0 Å². The molecule has 7 heteroatoms. The van der Waals surface area contributed by atoms with Crippen LogP contribution in [0.4, 0.5) is 5.69 Å². The van der Waals surface area contributed by atoms with Crippen LogP contribution in [0, 0.1) is 0 Å². The molecule has 3 rings (SSSR count). The molecule has 1 saturated heterocycles. The molecule has 0 aliphatic carbocycles. The Morgan fingerprint density at radius 2 is 2.15 bits per heavy atom. The molecule has 4 N–H and O–H groups in total. The van der Waals surface area contributed by atoms with Crippen LogP contribution in [0.25, 0.3) is 0 Å². The van der Waals surface area contributed by atoms with E-state index in [0.717, 1.165) is 18.7 Å². The van der Waals surface area contributed by atoms with Crippen molar-refractivity contribution in [2.45, 2.75) is 32.4 Å². The normalized spacial score (nSPS) is 17.8. The van der Waals surface area contributed by atoms with Gasteiger partial charge in [0.15, 0.2) is 11.7 Å². The van der Waals surface area contributed by atoms with Crippen LogP contribution < -0.4 is 16.4 Å².